The number of likely N-dealkylation sites (tertiary alicyclic amines) is 1. The number of amides is 5. The Morgan fingerprint density at radius 3 is 2.31 bits per heavy atom. The maximum Gasteiger partial charge on any atom is 0.249 e. The molecule has 8 rings (SSSR count). The molecule has 4 aromatic rings. The summed E-state index contributed by atoms with van der Waals surface area (Å²) in [6, 6.07) is 26.3. The number of halogens is 3. The number of hydrogen-bond donors (Lipinski definition) is 4. The molecule has 1 saturated carbocycles. The number of carbonyl (C=O) groups is 5. The van der Waals surface area contributed by atoms with Gasteiger partial charge in [-0.15, -0.1) is 0 Å². The van der Waals surface area contributed by atoms with Crippen LogP contribution in [-0.4, -0.2) is 93.3 Å². The molecular weight excluding hydrogens is 868 g/mol. The summed E-state index contributed by atoms with van der Waals surface area (Å²) < 4.78 is 14.8. The first-order chi connectivity index (χ1) is 31.4. The van der Waals surface area contributed by atoms with Gasteiger partial charge in [0.1, 0.15) is 11.9 Å². The van der Waals surface area contributed by atoms with Crippen LogP contribution < -0.4 is 31.1 Å². The third kappa shape index (κ3) is 11.4. The molecule has 3 aliphatic heterocycles. The van der Waals surface area contributed by atoms with Crippen molar-refractivity contribution >= 4 is 70.8 Å². The van der Waals surface area contributed by atoms with Crippen LogP contribution in [-0.2, 0) is 30.4 Å². The van der Waals surface area contributed by atoms with E-state index in [2.05, 4.69) is 50.4 Å². The van der Waals surface area contributed by atoms with E-state index in [0.29, 0.717) is 47.4 Å². The monoisotopic (exact) mass is 925 g/mol. The standard InChI is InChI=1S/C28H35N5O4.C22H23Cl2FN2O/c1-31(19-35)26-17-22(7-8-24(26)32(2)25-9-10-27(36)30-28(25)37)21-5-3-20(4-6-21)11-14-33-15-12-23(13-16-33)29-18-34;23-14-6-4-7-15(12-14)27-21(28)19-17(16-8-5-9-18(24)20(16)25)13-26-22(19)10-2-1-3-11-22/h3-8,17-19,23,25H,9-16H2,1-2H3,(H,29,34)(H,30,36,37);4-9,12,17,19,26H,1-3,10-11,13H2,(H,27,28). The van der Waals surface area contributed by atoms with E-state index >= 15 is 0 Å². The summed E-state index contributed by atoms with van der Waals surface area (Å²) in [4.78, 5) is 65.5. The van der Waals surface area contributed by atoms with Gasteiger partial charge in [0.25, 0.3) is 0 Å². The van der Waals surface area contributed by atoms with Crippen LogP contribution in [0.4, 0.5) is 21.5 Å². The molecule has 0 aromatic heterocycles. The Morgan fingerprint density at radius 2 is 1.62 bits per heavy atom. The van der Waals surface area contributed by atoms with Gasteiger partial charge in [0.2, 0.25) is 30.5 Å². The number of piperidine rings is 2. The lowest BCUT2D eigenvalue weighted by Crippen LogP contribution is -2.51. The minimum atomic E-state index is -0.478. The first-order valence-corrected chi connectivity index (χ1v) is 23.3. The molecule has 4 fully saturated rings. The molecule has 3 unspecified atom stereocenters. The van der Waals surface area contributed by atoms with Crippen LogP contribution in [0, 0.1) is 11.7 Å². The molecule has 5 amide bonds. The van der Waals surface area contributed by atoms with E-state index in [0.717, 1.165) is 94.2 Å². The number of hydrogen-bond acceptors (Lipinski definition) is 8. The second-order valence-electron chi connectivity index (χ2n) is 17.7. The van der Waals surface area contributed by atoms with Crippen molar-refractivity contribution in [3.63, 3.8) is 0 Å². The van der Waals surface area contributed by atoms with Crippen molar-refractivity contribution in [2.24, 2.45) is 5.92 Å². The van der Waals surface area contributed by atoms with E-state index < -0.39 is 11.9 Å². The third-order valence-corrected chi connectivity index (χ3v) is 14.2. The molecule has 3 saturated heterocycles. The number of imide groups is 1. The first-order valence-electron chi connectivity index (χ1n) is 22.5. The Balaban J connectivity index is 0.000000201. The van der Waals surface area contributed by atoms with Gasteiger partial charge in [0.15, 0.2) is 0 Å². The Hall–Kier alpha value is -5.34. The van der Waals surface area contributed by atoms with Crippen LogP contribution in [0.2, 0.25) is 10.0 Å². The summed E-state index contributed by atoms with van der Waals surface area (Å²) in [6.07, 6.45) is 10.4. The molecule has 4 N–H and O–H groups in total. The van der Waals surface area contributed by atoms with Gasteiger partial charge in [-0.05, 0) is 97.2 Å². The number of benzene rings is 4. The number of nitrogens with one attached hydrogen (secondary N) is 4. The van der Waals surface area contributed by atoms with Gasteiger partial charge in [-0.25, -0.2) is 4.39 Å². The summed E-state index contributed by atoms with van der Waals surface area (Å²) in [5.41, 5.74) is 5.57. The number of anilines is 3. The fourth-order valence-electron chi connectivity index (χ4n) is 10.0. The molecule has 1 aliphatic carbocycles. The van der Waals surface area contributed by atoms with Crippen LogP contribution in [0.25, 0.3) is 11.1 Å². The maximum absolute atomic E-state index is 14.8. The van der Waals surface area contributed by atoms with Crippen LogP contribution in [0.3, 0.4) is 0 Å². The average molecular weight is 927 g/mol. The fourth-order valence-corrected chi connectivity index (χ4v) is 10.4. The average Bonchev–Trinajstić information content (AvgIpc) is 3.67. The largest absolute Gasteiger partial charge is 0.361 e. The molecule has 65 heavy (non-hydrogen) atoms. The van der Waals surface area contributed by atoms with Crippen molar-refractivity contribution in [1.82, 2.24) is 20.9 Å². The van der Waals surface area contributed by atoms with Gasteiger partial charge in [-0.2, -0.15) is 0 Å². The molecule has 0 bridgehead atoms. The van der Waals surface area contributed by atoms with Gasteiger partial charge in [0.05, 0.1) is 22.3 Å². The lowest BCUT2D eigenvalue weighted by molar-refractivity contribution is -0.134. The van der Waals surface area contributed by atoms with E-state index in [4.69, 9.17) is 23.2 Å². The van der Waals surface area contributed by atoms with Crippen molar-refractivity contribution in [3.05, 3.63) is 112 Å². The molecule has 4 aliphatic rings. The maximum atomic E-state index is 14.8. The van der Waals surface area contributed by atoms with E-state index in [-0.39, 0.29) is 40.1 Å². The SMILES string of the molecule is CN(C=O)c1cc(-c2ccc(CCN3CCC(NC=O)CC3)cc2)ccc1N(C)C1CCC(=O)NC1=O.O=C(Nc1cccc(Cl)c1)C1C(c2cccc(Cl)c2F)CNC12CCCCC2. The third-order valence-electron chi connectivity index (χ3n) is 13.6. The van der Waals surface area contributed by atoms with Crippen LogP contribution >= 0.6 is 23.2 Å². The highest BCUT2D eigenvalue weighted by atomic mass is 35.5. The second kappa shape index (κ2) is 21.8. The number of nitrogens with zero attached hydrogens (tertiary/aromatic N) is 3. The van der Waals surface area contributed by atoms with Gasteiger partial charge < -0.3 is 30.7 Å². The highest BCUT2D eigenvalue weighted by Crippen LogP contribution is 2.47. The van der Waals surface area contributed by atoms with E-state index in [1.807, 2.05) is 36.2 Å². The van der Waals surface area contributed by atoms with Crippen LogP contribution in [0.5, 0.6) is 0 Å². The Bertz CT molecular complexity index is 2340. The summed E-state index contributed by atoms with van der Waals surface area (Å²) in [6.45, 7) is 3.54. The zero-order valence-corrected chi connectivity index (χ0v) is 38.5. The van der Waals surface area contributed by atoms with Crippen molar-refractivity contribution < 1.29 is 28.4 Å². The molecule has 344 valence electrons. The highest BCUT2D eigenvalue weighted by molar-refractivity contribution is 6.31. The van der Waals surface area contributed by atoms with E-state index in [1.165, 1.54) is 16.9 Å². The zero-order chi connectivity index (χ0) is 46.1. The molecule has 15 heteroatoms. The number of rotatable bonds is 13. The lowest BCUT2D eigenvalue weighted by Gasteiger charge is -2.39. The van der Waals surface area contributed by atoms with Gasteiger partial charge in [0, 0.05) is 74.9 Å². The van der Waals surface area contributed by atoms with Gasteiger partial charge in [-0.1, -0.05) is 91.0 Å². The second-order valence-corrected chi connectivity index (χ2v) is 18.5. The highest BCUT2D eigenvalue weighted by Gasteiger charge is 2.53. The zero-order valence-electron chi connectivity index (χ0n) is 37.0. The summed E-state index contributed by atoms with van der Waals surface area (Å²) in [5, 5.41) is 12.6. The molecule has 1 spiro atoms. The van der Waals surface area contributed by atoms with Gasteiger partial charge in [-0.3, -0.25) is 29.3 Å². The normalized spacial score (nSPS) is 20.8. The minimum absolute atomic E-state index is 0.0936. The topological polar surface area (TPSA) is 143 Å². The minimum Gasteiger partial charge on any atom is -0.361 e. The molecule has 0 radical (unpaired) electrons. The van der Waals surface area contributed by atoms with Crippen molar-refractivity contribution in [3.8, 4) is 11.1 Å². The Labute approximate surface area is 390 Å². The fraction of sp³-hybridized carbons (Fsp3) is 0.420. The van der Waals surface area contributed by atoms with Gasteiger partial charge >= 0.3 is 0 Å². The summed E-state index contributed by atoms with van der Waals surface area (Å²) in [5.74, 6) is -1.74. The molecule has 3 atom stereocenters. The van der Waals surface area contributed by atoms with Crippen molar-refractivity contribution in [1.29, 1.82) is 0 Å². The van der Waals surface area contributed by atoms with Crippen LogP contribution in [0.15, 0.2) is 84.9 Å². The lowest BCUT2D eigenvalue weighted by atomic mass is 9.69. The summed E-state index contributed by atoms with van der Waals surface area (Å²) in [7, 11) is 3.50. The van der Waals surface area contributed by atoms with E-state index in [9.17, 15) is 28.4 Å². The predicted molar refractivity (Wildman–Crippen MR) is 255 cm³/mol. The molecule has 4 aromatic carbocycles. The summed E-state index contributed by atoms with van der Waals surface area (Å²) >= 11 is 12.1. The van der Waals surface area contributed by atoms with E-state index in [1.54, 1.807) is 43.4 Å². The van der Waals surface area contributed by atoms with Crippen molar-refractivity contribution in [2.45, 2.75) is 87.7 Å². The Kier molecular flexibility index (Phi) is 15.9. The molecule has 3 heterocycles. The molecular formula is C50H58Cl2FN7O5. The Morgan fingerprint density at radius 1 is 0.892 bits per heavy atom. The van der Waals surface area contributed by atoms with Crippen molar-refractivity contribution in [2.75, 3.05) is 55.4 Å². The molecule has 12 nitrogen and oxygen atoms in total. The number of likely N-dealkylation sites (N-methyl/N-ethyl adjacent to an activating group) is 1. The number of carbonyl (C=O) groups excluding carboxylic acids is 5. The smallest absolute Gasteiger partial charge is 0.249 e. The van der Waals surface area contributed by atoms with Crippen LogP contribution in [0.1, 0.15) is 74.8 Å². The quantitative estimate of drug-likeness (QED) is 0.0790. The predicted octanol–water partition coefficient (Wildman–Crippen LogP) is 7.72. The first kappa shape index (κ1) is 47.6.